The first-order valence-corrected chi connectivity index (χ1v) is 12.7. The Morgan fingerprint density at radius 3 is 2.41 bits per heavy atom. The zero-order valence-corrected chi connectivity index (χ0v) is 22.5. The lowest BCUT2D eigenvalue weighted by Gasteiger charge is -2.27. The zero-order valence-electron chi connectivity index (χ0n) is 22.5. The highest BCUT2D eigenvalue weighted by Gasteiger charge is 2.24. The van der Waals surface area contributed by atoms with Gasteiger partial charge in [0.1, 0.15) is 11.5 Å². The maximum atomic E-state index is 11.6. The summed E-state index contributed by atoms with van der Waals surface area (Å²) in [5.41, 5.74) is 4.17. The summed E-state index contributed by atoms with van der Waals surface area (Å²) in [7, 11) is 0. The number of hydrogen-bond donors (Lipinski definition) is 1. The third kappa shape index (κ3) is 11.1. The number of hydrogen-bond acceptors (Lipinski definition) is 5. The van der Waals surface area contributed by atoms with Gasteiger partial charge in [0.15, 0.2) is 0 Å². The van der Waals surface area contributed by atoms with Gasteiger partial charge < -0.3 is 19.3 Å². The van der Waals surface area contributed by atoms with Crippen molar-refractivity contribution in [3.63, 3.8) is 0 Å². The SMILES string of the molecule is CCCCCCC(C)(C)c1cc(O)c(C/C=C(\C)CCC=C(C)C)c(OCOC(=O)OCC)c1. The molecule has 0 saturated carbocycles. The molecule has 1 aromatic carbocycles. The Balaban J connectivity index is 3.09. The Bertz CT molecular complexity index is 816. The number of carbonyl (C=O) groups is 1. The number of aromatic hydroxyl groups is 1. The average molecular weight is 475 g/mol. The monoisotopic (exact) mass is 474 g/mol. The molecule has 1 N–H and O–H groups in total. The lowest BCUT2D eigenvalue weighted by atomic mass is 9.79. The van der Waals surface area contributed by atoms with Crippen LogP contribution in [0.3, 0.4) is 0 Å². The van der Waals surface area contributed by atoms with Crippen molar-refractivity contribution in [2.75, 3.05) is 13.4 Å². The molecule has 34 heavy (non-hydrogen) atoms. The molecule has 1 rings (SSSR count). The molecule has 0 aliphatic heterocycles. The number of allylic oxidation sites excluding steroid dienone is 4. The van der Waals surface area contributed by atoms with E-state index in [1.54, 1.807) is 6.92 Å². The van der Waals surface area contributed by atoms with Crippen LogP contribution in [-0.2, 0) is 21.3 Å². The highest BCUT2D eigenvalue weighted by molar-refractivity contribution is 5.59. The Morgan fingerprint density at radius 2 is 1.76 bits per heavy atom. The molecule has 0 aliphatic carbocycles. The molecular weight excluding hydrogens is 428 g/mol. The number of benzene rings is 1. The first kappa shape index (κ1) is 29.6. The van der Waals surface area contributed by atoms with Crippen LogP contribution in [0.4, 0.5) is 4.79 Å². The number of rotatable bonds is 15. The molecule has 0 atom stereocenters. The quantitative estimate of drug-likeness (QED) is 0.120. The third-order valence-electron chi connectivity index (χ3n) is 6.02. The summed E-state index contributed by atoms with van der Waals surface area (Å²) in [6.07, 6.45) is 11.9. The van der Waals surface area contributed by atoms with Crippen LogP contribution in [0.25, 0.3) is 0 Å². The van der Waals surface area contributed by atoms with E-state index < -0.39 is 6.16 Å². The van der Waals surface area contributed by atoms with E-state index in [4.69, 9.17) is 14.2 Å². The second-order valence-corrected chi connectivity index (χ2v) is 9.83. The minimum Gasteiger partial charge on any atom is -0.508 e. The van der Waals surface area contributed by atoms with E-state index >= 15 is 0 Å². The van der Waals surface area contributed by atoms with Crippen LogP contribution in [0, 0.1) is 0 Å². The number of carbonyl (C=O) groups excluding carboxylic acids is 1. The van der Waals surface area contributed by atoms with Crippen LogP contribution in [0.2, 0.25) is 0 Å². The van der Waals surface area contributed by atoms with Gasteiger partial charge in [-0.25, -0.2) is 4.79 Å². The highest BCUT2D eigenvalue weighted by atomic mass is 16.8. The normalized spacial score (nSPS) is 11.8. The number of ether oxygens (including phenoxy) is 3. The summed E-state index contributed by atoms with van der Waals surface area (Å²) >= 11 is 0. The summed E-state index contributed by atoms with van der Waals surface area (Å²) < 4.78 is 15.7. The fraction of sp³-hybridized carbons (Fsp3) is 0.621. The van der Waals surface area contributed by atoms with E-state index in [2.05, 4.69) is 53.7 Å². The topological polar surface area (TPSA) is 65.0 Å². The fourth-order valence-corrected chi connectivity index (χ4v) is 3.76. The molecule has 192 valence electrons. The van der Waals surface area contributed by atoms with Gasteiger partial charge in [-0.1, -0.05) is 69.8 Å². The van der Waals surface area contributed by atoms with Gasteiger partial charge in [0.25, 0.3) is 0 Å². The molecule has 0 fully saturated rings. The summed E-state index contributed by atoms with van der Waals surface area (Å²) in [4.78, 5) is 11.6. The zero-order chi connectivity index (χ0) is 25.6. The maximum Gasteiger partial charge on any atom is 0.511 e. The molecule has 1 aromatic rings. The van der Waals surface area contributed by atoms with Gasteiger partial charge in [0, 0.05) is 5.56 Å². The van der Waals surface area contributed by atoms with Crippen molar-refractivity contribution in [3.05, 3.63) is 46.6 Å². The highest BCUT2D eigenvalue weighted by Crippen LogP contribution is 2.38. The first-order valence-electron chi connectivity index (χ1n) is 12.7. The van der Waals surface area contributed by atoms with Crippen LogP contribution >= 0.6 is 0 Å². The molecule has 0 radical (unpaired) electrons. The second kappa shape index (κ2) is 15.5. The molecule has 0 saturated heterocycles. The van der Waals surface area contributed by atoms with Crippen molar-refractivity contribution in [2.24, 2.45) is 0 Å². The van der Waals surface area contributed by atoms with E-state index in [1.807, 2.05) is 12.1 Å². The molecule has 0 aliphatic rings. The predicted molar refractivity (Wildman–Crippen MR) is 140 cm³/mol. The summed E-state index contributed by atoms with van der Waals surface area (Å²) in [5.74, 6) is 0.743. The Hall–Kier alpha value is -2.43. The molecule has 5 heteroatoms. The maximum absolute atomic E-state index is 11.6. The number of phenols is 1. The van der Waals surface area contributed by atoms with Crippen LogP contribution in [0.1, 0.15) is 105 Å². The standard InChI is InChI=1S/C29H46O5/c1-8-10-11-12-18-29(6,7)24-19-26(30)25(17-16-23(5)15-13-14-22(3)4)27(20-24)33-21-34-28(31)32-9-2/h14,16,19-20,30H,8-13,15,17-18,21H2,1-7H3/b23-16+. The van der Waals surface area contributed by atoms with E-state index in [0.717, 1.165) is 31.2 Å². The third-order valence-corrected chi connectivity index (χ3v) is 6.02. The molecule has 0 amide bonds. The van der Waals surface area contributed by atoms with E-state index in [1.165, 1.54) is 30.4 Å². The van der Waals surface area contributed by atoms with Crippen molar-refractivity contribution in [1.82, 2.24) is 0 Å². The molecule has 5 nitrogen and oxygen atoms in total. The van der Waals surface area contributed by atoms with E-state index in [9.17, 15) is 9.90 Å². The molecule has 0 unspecified atom stereocenters. The van der Waals surface area contributed by atoms with Gasteiger partial charge in [-0.3, -0.25) is 0 Å². The van der Waals surface area contributed by atoms with Crippen LogP contribution in [-0.4, -0.2) is 24.7 Å². The first-order chi connectivity index (χ1) is 16.1. The smallest absolute Gasteiger partial charge is 0.508 e. The van der Waals surface area contributed by atoms with Crippen molar-refractivity contribution in [3.8, 4) is 11.5 Å². The van der Waals surface area contributed by atoms with Crippen LogP contribution < -0.4 is 4.74 Å². The Morgan fingerprint density at radius 1 is 1.03 bits per heavy atom. The molecule has 0 spiro atoms. The van der Waals surface area contributed by atoms with Crippen LogP contribution in [0.5, 0.6) is 11.5 Å². The summed E-state index contributed by atoms with van der Waals surface area (Å²) in [5, 5.41) is 10.9. The van der Waals surface area contributed by atoms with E-state index in [0.29, 0.717) is 17.7 Å². The van der Waals surface area contributed by atoms with Crippen molar-refractivity contribution in [2.45, 2.75) is 105 Å². The van der Waals surface area contributed by atoms with Gasteiger partial charge >= 0.3 is 6.16 Å². The molecular formula is C29H46O5. The fourth-order valence-electron chi connectivity index (χ4n) is 3.76. The van der Waals surface area contributed by atoms with Gasteiger partial charge in [0.05, 0.1) is 6.61 Å². The van der Waals surface area contributed by atoms with Crippen molar-refractivity contribution in [1.29, 1.82) is 0 Å². The minimum atomic E-state index is -0.768. The van der Waals surface area contributed by atoms with Crippen LogP contribution in [0.15, 0.2) is 35.4 Å². The molecule has 0 bridgehead atoms. The van der Waals surface area contributed by atoms with E-state index in [-0.39, 0.29) is 24.6 Å². The number of unbranched alkanes of at least 4 members (excludes halogenated alkanes) is 3. The van der Waals surface area contributed by atoms with Gasteiger partial charge in [-0.05, 0) is 76.5 Å². The summed E-state index contributed by atoms with van der Waals surface area (Å²) in [6.45, 7) is 14.6. The largest absolute Gasteiger partial charge is 0.511 e. The van der Waals surface area contributed by atoms with Gasteiger partial charge in [-0.2, -0.15) is 0 Å². The minimum absolute atomic E-state index is 0.111. The molecule has 0 aromatic heterocycles. The molecule has 0 heterocycles. The van der Waals surface area contributed by atoms with Gasteiger partial charge in [-0.15, -0.1) is 0 Å². The Labute approximate surface area is 207 Å². The number of phenolic OH excluding ortho intramolecular Hbond substituents is 1. The predicted octanol–water partition coefficient (Wildman–Crippen LogP) is 8.38. The van der Waals surface area contributed by atoms with Crippen molar-refractivity contribution >= 4 is 6.16 Å². The lowest BCUT2D eigenvalue weighted by molar-refractivity contribution is 0.00648. The lowest BCUT2D eigenvalue weighted by Crippen LogP contribution is -2.18. The average Bonchev–Trinajstić information content (AvgIpc) is 2.76. The Kier molecular flexibility index (Phi) is 13.5. The summed E-state index contributed by atoms with van der Waals surface area (Å²) in [6, 6.07) is 3.84. The van der Waals surface area contributed by atoms with Crippen molar-refractivity contribution < 1.29 is 24.1 Å². The second-order valence-electron chi connectivity index (χ2n) is 9.83. The van der Waals surface area contributed by atoms with Gasteiger partial charge in [0.2, 0.25) is 6.79 Å².